The third-order valence-corrected chi connectivity index (χ3v) is 4.02. The second-order valence-corrected chi connectivity index (χ2v) is 5.95. The number of carbonyl (C=O) groups is 1. The molecule has 0 aliphatic heterocycles. The van der Waals surface area contributed by atoms with E-state index in [2.05, 4.69) is 18.8 Å². The molecule has 0 bridgehead atoms. The minimum atomic E-state index is -0.461. The first-order chi connectivity index (χ1) is 12.1. The van der Waals surface area contributed by atoms with E-state index in [4.69, 9.17) is 14.2 Å². The van der Waals surface area contributed by atoms with E-state index in [1.807, 2.05) is 0 Å². The van der Waals surface area contributed by atoms with Gasteiger partial charge in [-0.3, -0.25) is 0 Å². The maximum absolute atomic E-state index is 12.1. The summed E-state index contributed by atoms with van der Waals surface area (Å²) in [4.78, 5) is 16.1. The van der Waals surface area contributed by atoms with Gasteiger partial charge in [0.1, 0.15) is 11.5 Å². The van der Waals surface area contributed by atoms with Crippen LogP contribution in [0.1, 0.15) is 43.5 Å². The van der Waals surface area contributed by atoms with Gasteiger partial charge in [-0.15, -0.1) is 0 Å². The van der Waals surface area contributed by atoms with Crippen molar-refractivity contribution in [1.29, 1.82) is 0 Å². The predicted octanol–water partition coefficient (Wildman–Crippen LogP) is 4.51. The summed E-state index contributed by atoms with van der Waals surface area (Å²) < 4.78 is 16.0. The topological polar surface area (TPSA) is 57.7 Å². The number of pyridine rings is 1. The fourth-order valence-corrected chi connectivity index (χ4v) is 2.22. The van der Waals surface area contributed by atoms with Crippen LogP contribution in [0.15, 0.2) is 42.6 Å². The molecule has 0 amide bonds. The molecule has 0 N–H and O–H groups in total. The smallest absolute Gasteiger partial charge is 0.345 e. The van der Waals surface area contributed by atoms with Crippen LogP contribution in [0.25, 0.3) is 0 Å². The van der Waals surface area contributed by atoms with E-state index in [-0.39, 0.29) is 0 Å². The third kappa shape index (κ3) is 6.10. The highest BCUT2D eigenvalue weighted by Crippen LogP contribution is 2.19. The Morgan fingerprint density at radius 1 is 1.12 bits per heavy atom. The maximum Gasteiger partial charge on any atom is 0.345 e. The number of methoxy groups -OCH3 is 1. The molecule has 0 saturated heterocycles. The molecule has 0 spiro atoms. The van der Waals surface area contributed by atoms with E-state index in [9.17, 15) is 4.79 Å². The molecule has 2 aromatic rings. The van der Waals surface area contributed by atoms with Gasteiger partial charge >= 0.3 is 5.97 Å². The fourth-order valence-electron chi connectivity index (χ4n) is 2.22. The molecule has 5 heteroatoms. The van der Waals surface area contributed by atoms with Gasteiger partial charge in [0.05, 0.1) is 19.3 Å². The lowest BCUT2D eigenvalue weighted by atomic mass is 10.0. The molecular formula is C20H25NO4. The number of esters is 1. The molecule has 5 nitrogen and oxygen atoms in total. The Labute approximate surface area is 148 Å². The van der Waals surface area contributed by atoms with Crippen LogP contribution in [-0.2, 0) is 0 Å². The van der Waals surface area contributed by atoms with E-state index in [0.29, 0.717) is 23.8 Å². The number of benzene rings is 1. The van der Waals surface area contributed by atoms with Crippen molar-refractivity contribution in [3.05, 3.63) is 48.2 Å². The normalized spacial score (nSPS) is 11.6. The standard InChI is InChI=1S/C20H25NO4/c1-4-15(2)6-5-13-24-17-8-10-18(11-9-17)25-20(22)16-7-12-19(23-3)21-14-16/h7-12,14-15H,4-6,13H2,1-3H3. The highest BCUT2D eigenvalue weighted by Gasteiger charge is 2.09. The summed E-state index contributed by atoms with van der Waals surface area (Å²) in [5.41, 5.74) is 0.367. The van der Waals surface area contributed by atoms with Crippen molar-refractivity contribution in [2.45, 2.75) is 33.1 Å². The maximum atomic E-state index is 12.1. The van der Waals surface area contributed by atoms with Gasteiger partial charge in [-0.05, 0) is 49.1 Å². The Morgan fingerprint density at radius 3 is 2.44 bits per heavy atom. The molecule has 0 aliphatic rings. The molecule has 0 fully saturated rings. The molecule has 1 heterocycles. The zero-order valence-electron chi connectivity index (χ0n) is 15.0. The number of hydrogen-bond donors (Lipinski definition) is 0. The first kappa shape index (κ1) is 18.8. The third-order valence-electron chi connectivity index (χ3n) is 4.02. The molecule has 1 unspecified atom stereocenters. The van der Waals surface area contributed by atoms with Gasteiger partial charge in [0.2, 0.25) is 5.88 Å². The highest BCUT2D eigenvalue weighted by atomic mass is 16.5. The Kier molecular flexibility index (Phi) is 7.26. The molecule has 0 aliphatic carbocycles. The summed E-state index contributed by atoms with van der Waals surface area (Å²) in [6, 6.07) is 10.3. The lowest BCUT2D eigenvalue weighted by Crippen LogP contribution is -2.09. The van der Waals surface area contributed by atoms with Crippen molar-refractivity contribution in [2.24, 2.45) is 5.92 Å². The molecule has 2 rings (SSSR count). The molecule has 1 aromatic carbocycles. The summed E-state index contributed by atoms with van der Waals surface area (Å²) in [6.07, 6.45) is 4.83. The van der Waals surface area contributed by atoms with E-state index in [0.717, 1.165) is 18.1 Å². The van der Waals surface area contributed by atoms with Gasteiger partial charge in [0, 0.05) is 12.3 Å². The average Bonchev–Trinajstić information content (AvgIpc) is 2.66. The van der Waals surface area contributed by atoms with Crippen molar-refractivity contribution in [1.82, 2.24) is 4.98 Å². The van der Waals surface area contributed by atoms with E-state index in [1.165, 1.54) is 26.1 Å². The Bertz CT molecular complexity index is 652. The summed E-state index contributed by atoms with van der Waals surface area (Å²) in [5.74, 6) is 1.96. The summed E-state index contributed by atoms with van der Waals surface area (Å²) in [6.45, 7) is 5.15. The molecule has 25 heavy (non-hydrogen) atoms. The minimum absolute atomic E-state index is 0.367. The van der Waals surface area contributed by atoms with Crippen LogP contribution < -0.4 is 14.2 Å². The van der Waals surface area contributed by atoms with Crippen molar-refractivity contribution < 1.29 is 19.0 Å². The van der Waals surface area contributed by atoms with Gasteiger partial charge in [-0.25, -0.2) is 9.78 Å². The summed E-state index contributed by atoms with van der Waals surface area (Å²) in [7, 11) is 1.52. The Hall–Kier alpha value is -2.56. The number of ether oxygens (including phenoxy) is 3. The monoisotopic (exact) mass is 343 g/mol. The SMILES string of the molecule is CCC(C)CCCOc1ccc(OC(=O)c2ccc(OC)nc2)cc1. The molecular weight excluding hydrogens is 318 g/mol. The van der Waals surface area contributed by atoms with Crippen LogP contribution in [0.3, 0.4) is 0 Å². The van der Waals surface area contributed by atoms with Crippen LogP contribution in [0.4, 0.5) is 0 Å². The molecule has 134 valence electrons. The number of carbonyl (C=O) groups excluding carboxylic acids is 1. The zero-order chi connectivity index (χ0) is 18.1. The van der Waals surface area contributed by atoms with Gasteiger partial charge in [-0.1, -0.05) is 20.3 Å². The highest BCUT2D eigenvalue weighted by molar-refractivity contribution is 5.90. The molecule has 1 aromatic heterocycles. The van der Waals surface area contributed by atoms with Gasteiger partial charge < -0.3 is 14.2 Å². The second-order valence-electron chi connectivity index (χ2n) is 5.95. The first-order valence-electron chi connectivity index (χ1n) is 8.57. The van der Waals surface area contributed by atoms with Crippen molar-refractivity contribution >= 4 is 5.97 Å². The summed E-state index contributed by atoms with van der Waals surface area (Å²) >= 11 is 0. The largest absolute Gasteiger partial charge is 0.494 e. The predicted molar refractivity (Wildman–Crippen MR) is 96.4 cm³/mol. The van der Waals surface area contributed by atoms with Crippen molar-refractivity contribution in [3.63, 3.8) is 0 Å². The van der Waals surface area contributed by atoms with Crippen LogP contribution >= 0.6 is 0 Å². The first-order valence-corrected chi connectivity index (χ1v) is 8.57. The fraction of sp³-hybridized carbons (Fsp3) is 0.400. The molecule has 0 radical (unpaired) electrons. The van der Waals surface area contributed by atoms with Crippen LogP contribution in [-0.4, -0.2) is 24.7 Å². The number of rotatable bonds is 9. The van der Waals surface area contributed by atoms with Crippen molar-refractivity contribution in [2.75, 3.05) is 13.7 Å². The molecule has 0 saturated carbocycles. The second kappa shape index (κ2) is 9.67. The quantitative estimate of drug-likeness (QED) is 0.381. The van der Waals surface area contributed by atoms with E-state index < -0.39 is 5.97 Å². The summed E-state index contributed by atoms with van der Waals surface area (Å²) in [5, 5.41) is 0. The Balaban J connectivity index is 1.81. The number of aromatic nitrogens is 1. The van der Waals surface area contributed by atoms with E-state index in [1.54, 1.807) is 36.4 Å². The van der Waals surface area contributed by atoms with Gasteiger partial charge in [-0.2, -0.15) is 0 Å². The van der Waals surface area contributed by atoms with Crippen LogP contribution in [0, 0.1) is 5.92 Å². The number of nitrogens with zero attached hydrogens (tertiary/aromatic N) is 1. The lowest BCUT2D eigenvalue weighted by molar-refractivity contribution is 0.0734. The molecule has 1 atom stereocenters. The van der Waals surface area contributed by atoms with Crippen molar-refractivity contribution in [3.8, 4) is 17.4 Å². The average molecular weight is 343 g/mol. The zero-order valence-corrected chi connectivity index (χ0v) is 15.0. The van der Waals surface area contributed by atoms with Crippen LogP contribution in [0.2, 0.25) is 0 Å². The van der Waals surface area contributed by atoms with Gasteiger partial charge in [0.15, 0.2) is 0 Å². The number of hydrogen-bond acceptors (Lipinski definition) is 5. The van der Waals surface area contributed by atoms with Gasteiger partial charge in [0.25, 0.3) is 0 Å². The van der Waals surface area contributed by atoms with E-state index >= 15 is 0 Å². The lowest BCUT2D eigenvalue weighted by Gasteiger charge is -2.10. The van der Waals surface area contributed by atoms with Crippen LogP contribution in [0.5, 0.6) is 17.4 Å². The minimum Gasteiger partial charge on any atom is -0.494 e. The Morgan fingerprint density at radius 2 is 1.84 bits per heavy atom.